The van der Waals surface area contributed by atoms with E-state index in [2.05, 4.69) is 44.7 Å². The Kier molecular flexibility index (Phi) is 5.74. The molecule has 136 valence electrons. The van der Waals surface area contributed by atoms with Gasteiger partial charge < -0.3 is 15.2 Å². The molecule has 1 saturated heterocycles. The summed E-state index contributed by atoms with van der Waals surface area (Å²) < 4.78 is 5.77. The van der Waals surface area contributed by atoms with Gasteiger partial charge in [-0.05, 0) is 17.7 Å². The Morgan fingerprint density at radius 3 is 2.84 bits per heavy atom. The normalized spacial score (nSPS) is 24.5. The van der Waals surface area contributed by atoms with E-state index in [1.165, 1.54) is 10.4 Å². The molecule has 0 spiro atoms. The van der Waals surface area contributed by atoms with Crippen LogP contribution in [0.4, 0.5) is 0 Å². The number of hydrogen-bond donors (Lipinski definition) is 2. The lowest BCUT2D eigenvalue weighted by Crippen LogP contribution is -2.66. The first-order valence-corrected chi connectivity index (χ1v) is 8.56. The summed E-state index contributed by atoms with van der Waals surface area (Å²) >= 11 is 0. The van der Waals surface area contributed by atoms with E-state index in [0.29, 0.717) is 32.1 Å². The van der Waals surface area contributed by atoms with Crippen molar-refractivity contribution in [1.29, 1.82) is 0 Å². The fourth-order valence-corrected chi connectivity index (χ4v) is 3.31. The number of aliphatic hydroxyl groups is 1. The fourth-order valence-electron chi connectivity index (χ4n) is 3.31. The Labute approximate surface area is 147 Å². The molecule has 25 heavy (non-hydrogen) atoms. The van der Waals surface area contributed by atoms with Crippen LogP contribution in [0.2, 0.25) is 0 Å². The lowest BCUT2D eigenvalue weighted by Gasteiger charge is -2.49. The topological polar surface area (TPSA) is 88.3 Å². The third-order valence-electron chi connectivity index (χ3n) is 4.65. The van der Waals surface area contributed by atoms with Crippen LogP contribution in [-0.4, -0.2) is 68.2 Å². The highest BCUT2D eigenvalue weighted by Crippen LogP contribution is 2.26. The van der Waals surface area contributed by atoms with Crippen molar-refractivity contribution in [3.05, 3.63) is 41.7 Å². The standard InChI is InChI=1S/C17H26N6O2/c1-14-10-25-13-17(12-24,11-18-8-16-19-21-22(2)20-16)23(14)9-15-6-4-3-5-7-15/h3-7,14,18,24H,8-13H2,1-2H3/t14-,17+/m1/s1. The van der Waals surface area contributed by atoms with Crippen LogP contribution >= 0.6 is 0 Å². The number of hydrogen-bond acceptors (Lipinski definition) is 7. The Hall–Kier alpha value is -1.87. The summed E-state index contributed by atoms with van der Waals surface area (Å²) in [6.45, 7) is 5.17. The Balaban J connectivity index is 1.70. The van der Waals surface area contributed by atoms with Crippen molar-refractivity contribution in [1.82, 2.24) is 30.4 Å². The van der Waals surface area contributed by atoms with E-state index < -0.39 is 5.54 Å². The number of aryl methyl sites for hydroxylation is 1. The number of ether oxygens (including phenoxy) is 1. The predicted molar refractivity (Wildman–Crippen MR) is 92.6 cm³/mol. The van der Waals surface area contributed by atoms with E-state index in [1.807, 2.05) is 18.2 Å². The minimum Gasteiger partial charge on any atom is -0.394 e. The van der Waals surface area contributed by atoms with Crippen molar-refractivity contribution in [2.45, 2.75) is 31.6 Å². The lowest BCUT2D eigenvalue weighted by molar-refractivity contribution is -0.122. The first-order valence-electron chi connectivity index (χ1n) is 8.56. The highest BCUT2D eigenvalue weighted by atomic mass is 16.5. The van der Waals surface area contributed by atoms with Crippen molar-refractivity contribution >= 4 is 0 Å². The largest absolute Gasteiger partial charge is 0.394 e. The number of aliphatic hydroxyl groups excluding tert-OH is 1. The van der Waals surface area contributed by atoms with Gasteiger partial charge in [-0.2, -0.15) is 4.80 Å². The molecular weight excluding hydrogens is 320 g/mol. The van der Waals surface area contributed by atoms with Gasteiger partial charge >= 0.3 is 0 Å². The number of morpholine rings is 1. The maximum atomic E-state index is 10.2. The summed E-state index contributed by atoms with van der Waals surface area (Å²) in [6, 6.07) is 10.5. The quantitative estimate of drug-likeness (QED) is 0.727. The second-order valence-corrected chi connectivity index (χ2v) is 6.66. The zero-order valence-electron chi connectivity index (χ0n) is 14.8. The van der Waals surface area contributed by atoms with Crippen molar-refractivity contribution in [3.8, 4) is 0 Å². The number of benzene rings is 1. The van der Waals surface area contributed by atoms with E-state index in [1.54, 1.807) is 7.05 Å². The van der Waals surface area contributed by atoms with Crippen LogP contribution < -0.4 is 5.32 Å². The molecule has 1 aromatic heterocycles. The van der Waals surface area contributed by atoms with Gasteiger partial charge in [0.25, 0.3) is 0 Å². The molecule has 3 rings (SSSR count). The van der Waals surface area contributed by atoms with Gasteiger partial charge in [-0.15, -0.1) is 10.2 Å². The molecule has 1 fully saturated rings. The molecular formula is C17H26N6O2. The summed E-state index contributed by atoms with van der Waals surface area (Å²) in [5.41, 5.74) is 0.750. The maximum Gasteiger partial charge on any atom is 0.188 e. The van der Waals surface area contributed by atoms with Gasteiger partial charge in [-0.1, -0.05) is 30.3 Å². The molecule has 2 heterocycles. The average Bonchev–Trinajstić information content (AvgIpc) is 3.04. The van der Waals surface area contributed by atoms with Gasteiger partial charge in [0.2, 0.25) is 0 Å². The molecule has 0 aliphatic carbocycles. The average molecular weight is 346 g/mol. The van der Waals surface area contributed by atoms with E-state index in [9.17, 15) is 5.11 Å². The predicted octanol–water partition coefficient (Wildman–Crippen LogP) is -0.0483. The number of aromatic nitrogens is 4. The molecule has 2 atom stereocenters. The zero-order chi connectivity index (χ0) is 17.7. The fraction of sp³-hybridized carbons (Fsp3) is 0.588. The molecule has 0 unspecified atom stereocenters. The third-order valence-corrected chi connectivity index (χ3v) is 4.65. The molecule has 2 N–H and O–H groups in total. The molecule has 1 aliphatic rings. The van der Waals surface area contributed by atoms with Crippen LogP contribution in [0.5, 0.6) is 0 Å². The molecule has 0 saturated carbocycles. The summed E-state index contributed by atoms with van der Waals surface area (Å²) in [5, 5.41) is 25.5. The van der Waals surface area contributed by atoms with Gasteiger partial charge in [0.15, 0.2) is 5.82 Å². The van der Waals surface area contributed by atoms with Gasteiger partial charge in [0, 0.05) is 19.1 Å². The molecule has 0 bridgehead atoms. The third kappa shape index (κ3) is 4.21. The minimum absolute atomic E-state index is 0.0189. The van der Waals surface area contributed by atoms with Crippen molar-refractivity contribution in [2.75, 3.05) is 26.4 Å². The SMILES string of the molecule is C[C@@H]1COC[C@@](CO)(CNCc2nnn(C)n2)N1Cc1ccccc1. The molecule has 8 heteroatoms. The summed E-state index contributed by atoms with van der Waals surface area (Å²) in [4.78, 5) is 3.77. The van der Waals surface area contributed by atoms with Gasteiger partial charge in [0.05, 0.1) is 39.0 Å². The van der Waals surface area contributed by atoms with E-state index in [4.69, 9.17) is 4.74 Å². The smallest absolute Gasteiger partial charge is 0.188 e. The second kappa shape index (κ2) is 8.01. The molecule has 0 radical (unpaired) electrons. The van der Waals surface area contributed by atoms with Crippen LogP contribution in [0, 0.1) is 0 Å². The number of rotatable bonds is 7. The molecule has 8 nitrogen and oxygen atoms in total. The summed E-state index contributed by atoms with van der Waals surface area (Å²) in [5.74, 6) is 0.634. The van der Waals surface area contributed by atoms with Crippen LogP contribution in [0.1, 0.15) is 18.3 Å². The number of nitrogens with zero attached hydrogens (tertiary/aromatic N) is 5. The second-order valence-electron chi connectivity index (χ2n) is 6.66. The molecule has 1 aromatic carbocycles. The Bertz CT molecular complexity index is 664. The Morgan fingerprint density at radius 1 is 1.36 bits per heavy atom. The minimum atomic E-state index is -0.476. The van der Waals surface area contributed by atoms with Crippen molar-refractivity contribution in [2.24, 2.45) is 7.05 Å². The number of tetrazole rings is 1. The molecule has 2 aromatic rings. The monoisotopic (exact) mass is 346 g/mol. The van der Waals surface area contributed by atoms with E-state index in [-0.39, 0.29) is 12.6 Å². The van der Waals surface area contributed by atoms with Gasteiger partial charge in [-0.3, -0.25) is 4.90 Å². The maximum absolute atomic E-state index is 10.2. The Morgan fingerprint density at radius 2 is 2.16 bits per heavy atom. The van der Waals surface area contributed by atoms with E-state index in [0.717, 1.165) is 6.54 Å². The van der Waals surface area contributed by atoms with Crippen LogP contribution in [0.15, 0.2) is 30.3 Å². The summed E-state index contributed by atoms with van der Waals surface area (Å²) in [7, 11) is 1.74. The molecule has 1 aliphatic heterocycles. The van der Waals surface area contributed by atoms with Crippen LogP contribution in [0.3, 0.4) is 0 Å². The van der Waals surface area contributed by atoms with Crippen molar-refractivity contribution < 1.29 is 9.84 Å². The highest BCUT2D eigenvalue weighted by Gasteiger charge is 2.42. The van der Waals surface area contributed by atoms with Crippen molar-refractivity contribution in [3.63, 3.8) is 0 Å². The first kappa shape index (κ1) is 17.9. The van der Waals surface area contributed by atoms with Gasteiger partial charge in [0.1, 0.15) is 0 Å². The molecule has 0 amide bonds. The number of nitrogens with one attached hydrogen (secondary N) is 1. The summed E-state index contributed by atoms with van der Waals surface area (Å²) in [6.07, 6.45) is 0. The van der Waals surface area contributed by atoms with Crippen LogP contribution in [0.25, 0.3) is 0 Å². The van der Waals surface area contributed by atoms with Gasteiger partial charge in [-0.25, -0.2) is 0 Å². The zero-order valence-corrected chi connectivity index (χ0v) is 14.8. The highest BCUT2D eigenvalue weighted by molar-refractivity contribution is 5.16. The van der Waals surface area contributed by atoms with E-state index >= 15 is 0 Å². The van der Waals surface area contributed by atoms with Crippen LogP contribution in [-0.2, 0) is 24.9 Å². The lowest BCUT2D eigenvalue weighted by atomic mass is 9.94. The first-order chi connectivity index (χ1) is 12.1.